The minimum Gasteiger partial charge on any atom is -0.494 e. The number of aromatic nitrogens is 2. The van der Waals surface area contributed by atoms with Crippen LogP contribution in [-0.2, 0) is 6.54 Å². The fourth-order valence-corrected chi connectivity index (χ4v) is 2.09. The number of rotatable bonds is 9. The minimum absolute atomic E-state index is 0.688. The van der Waals surface area contributed by atoms with E-state index in [2.05, 4.69) is 20.7 Å². The van der Waals surface area contributed by atoms with Crippen LogP contribution in [-0.4, -0.2) is 42.5 Å². The lowest BCUT2D eigenvalue weighted by Gasteiger charge is -2.12. The molecule has 0 bridgehead atoms. The zero-order valence-corrected chi connectivity index (χ0v) is 13.6. The molecule has 0 amide bonds. The molecule has 1 heterocycles. The van der Waals surface area contributed by atoms with E-state index in [9.17, 15) is 0 Å². The van der Waals surface area contributed by atoms with E-state index in [-0.39, 0.29) is 0 Å². The number of nitrogens with zero attached hydrogens (tertiary/aromatic N) is 3. The Morgan fingerprint density at radius 3 is 2.61 bits per heavy atom. The predicted octanol–water partition coefficient (Wildman–Crippen LogP) is 1.91. The van der Waals surface area contributed by atoms with Crippen molar-refractivity contribution in [2.24, 2.45) is 4.99 Å². The monoisotopic (exact) mass is 315 g/mol. The van der Waals surface area contributed by atoms with Crippen molar-refractivity contribution >= 4 is 5.96 Å². The molecule has 1 aromatic carbocycles. The van der Waals surface area contributed by atoms with E-state index in [0.717, 1.165) is 44.2 Å². The van der Waals surface area contributed by atoms with Crippen molar-refractivity contribution < 1.29 is 4.74 Å². The first-order valence-corrected chi connectivity index (χ1v) is 7.98. The Morgan fingerprint density at radius 2 is 1.91 bits per heavy atom. The number of aliphatic imine (C=N–C) groups is 1. The summed E-state index contributed by atoms with van der Waals surface area (Å²) in [5, 5.41) is 10.8. The summed E-state index contributed by atoms with van der Waals surface area (Å²) in [4.78, 5) is 4.21. The fraction of sp³-hybridized carbons (Fsp3) is 0.412. The molecule has 0 saturated carbocycles. The SMILES string of the molecule is CN=C(NCCCOc1ccccc1)NCCCn1cccn1. The number of ether oxygens (including phenoxy) is 1. The van der Waals surface area contributed by atoms with Crippen LogP contribution < -0.4 is 15.4 Å². The van der Waals surface area contributed by atoms with Gasteiger partial charge in [0.2, 0.25) is 0 Å². The number of benzene rings is 1. The quantitative estimate of drug-likeness (QED) is 0.421. The Kier molecular flexibility index (Phi) is 7.53. The molecule has 0 aliphatic rings. The van der Waals surface area contributed by atoms with Crippen LogP contribution in [0.4, 0.5) is 0 Å². The average molecular weight is 315 g/mol. The van der Waals surface area contributed by atoms with Crippen LogP contribution in [0.2, 0.25) is 0 Å². The molecule has 0 unspecified atom stereocenters. The Morgan fingerprint density at radius 1 is 1.13 bits per heavy atom. The summed E-state index contributed by atoms with van der Waals surface area (Å²) in [7, 11) is 1.78. The second-order valence-corrected chi connectivity index (χ2v) is 5.06. The van der Waals surface area contributed by atoms with Crippen LogP contribution in [0.15, 0.2) is 53.8 Å². The van der Waals surface area contributed by atoms with Gasteiger partial charge in [-0.15, -0.1) is 0 Å². The molecule has 6 heteroatoms. The number of para-hydroxylation sites is 1. The molecule has 0 radical (unpaired) electrons. The van der Waals surface area contributed by atoms with Gasteiger partial charge in [-0.1, -0.05) is 18.2 Å². The Labute approximate surface area is 137 Å². The molecular weight excluding hydrogens is 290 g/mol. The van der Waals surface area contributed by atoms with Crippen molar-refractivity contribution in [3.05, 3.63) is 48.8 Å². The highest BCUT2D eigenvalue weighted by Crippen LogP contribution is 2.07. The van der Waals surface area contributed by atoms with Gasteiger partial charge in [0, 0.05) is 39.1 Å². The molecule has 2 N–H and O–H groups in total. The Bertz CT molecular complexity index is 554. The maximum absolute atomic E-state index is 5.65. The van der Waals surface area contributed by atoms with Crippen LogP contribution in [0.5, 0.6) is 5.75 Å². The second-order valence-electron chi connectivity index (χ2n) is 5.06. The fourth-order valence-electron chi connectivity index (χ4n) is 2.09. The first-order valence-electron chi connectivity index (χ1n) is 7.98. The van der Waals surface area contributed by atoms with Crippen LogP contribution >= 0.6 is 0 Å². The summed E-state index contributed by atoms with van der Waals surface area (Å²) < 4.78 is 7.58. The molecule has 2 aromatic rings. The smallest absolute Gasteiger partial charge is 0.190 e. The summed E-state index contributed by atoms with van der Waals surface area (Å²) in [6, 6.07) is 11.8. The Balaban J connectivity index is 1.51. The van der Waals surface area contributed by atoms with Gasteiger partial charge in [0.05, 0.1) is 6.61 Å². The van der Waals surface area contributed by atoms with E-state index >= 15 is 0 Å². The predicted molar refractivity (Wildman–Crippen MR) is 92.8 cm³/mol. The van der Waals surface area contributed by atoms with E-state index in [1.807, 2.05) is 47.3 Å². The molecule has 23 heavy (non-hydrogen) atoms. The molecule has 0 aliphatic carbocycles. The normalized spacial score (nSPS) is 11.3. The van der Waals surface area contributed by atoms with Crippen molar-refractivity contribution in [2.75, 3.05) is 26.7 Å². The lowest BCUT2D eigenvalue weighted by molar-refractivity contribution is 0.311. The van der Waals surface area contributed by atoms with Crippen molar-refractivity contribution in [2.45, 2.75) is 19.4 Å². The van der Waals surface area contributed by atoms with E-state index < -0.39 is 0 Å². The highest BCUT2D eigenvalue weighted by atomic mass is 16.5. The number of hydrogen-bond donors (Lipinski definition) is 2. The zero-order chi connectivity index (χ0) is 16.2. The molecule has 0 atom stereocenters. The van der Waals surface area contributed by atoms with Crippen LogP contribution in [0.25, 0.3) is 0 Å². The van der Waals surface area contributed by atoms with Crippen molar-refractivity contribution in [1.29, 1.82) is 0 Å². The summed E-state index contributed by atoms with van der Waals surface area (Å²) in [6.07, 6.45) is 5.69. The van der Waals surface area contributed by atoms with Crippen LogP contribution in [0, 0.1) is 0 Å². The van der Waals surface area contributed by atoms with Crippen molar-refractivity contribution in [1.82, 2.24) is 20.4 Å². The van der Waals surface area contributed by atoms with Crippen molar-refractivity contribution in [3.63, 3.8) is 0 Å². The number of aryl methyl sites for hydroxylation is 1. The van der Waals surface area contributed by atoms with Gasteiger partial charge in [0.25, 0.3) is 0 Å². The third kappa shape index (κ3) is 6.86. The molecule has 1 aromatic heterocycles. The summed E-state index contributed by atoms with van der Waals surface area (Å²) in [5.41, 5.74) is 0. The molecular formula is C17H25N5O. The second kappa shape index (κ2) is 10.3. The number of guanidine groups is 1. The highest BCUT2D eigenvalue weighted by Gasteiger charge is 1.98. The van der Waals surface area contributed by atoms with Crippen LogP contribution in [0.3, 0.4) is 0 Å². The van der Waals surface area contributed by atoms with Crippen LogP contribution in [0.1, 0.15) is 12.8 Å². The van der Waals surface area contributed by atoms with Gasteiger partial charge in [-0.05, 0) is 31.0 Å². The summed E-state index contributed by atoms with van der Waals surface area (Å²) in [6.45, 7) is 3.28. The van der Waals surface area contributed by atoms with E-state index in [0.29, 0.717) is 6.61 Å². The first kappa shape index (κ1) is 16.9. The standard InChI is InChI=1S/C17H25N5O/c1-18-17(19-10-5-13-22-14-6-12-21-22)20-11-7-15-23-16-8-3-2-4-9-16/h2-4,6,8-9,12,14H,5,7,10-11,13,15H2,1H3,(H2,18,19,20). The molecule has 0 saturated heterocycles. The van der Waals surface area contributed by atoms with Gasteiger partial charge in [-0.2, -0.15) is 5.10 Å². The lowest BCUT2D eigenvalue weighted by Crippen LogP contribution is -2.38. The largest absolute Gasteiger partial charge is 0.494 e. The maximum atomic E-state index is 5.65. The first-order chi connectivity index (χ1) is 11.4. The van der Waals surface area contributed by atoms with E-state index in [1.54, 1.807) is 13.2 Å². The summed E-state index contributed by atoms with van der Waals surface area (Å²) in [5.74, 6) is 1.74. The Hall–Kier alpha value is -2.50. The number of hydrogen-bond acceptors (Lipinski definition) is 3. The van der Waals surface area contributed by atoms with E-state index in [4.69, 9.17) is 4.74 Å². The molecule has 0 spiro atoms. The van der Waals surface area contributed by atoms with Gasteiger partial charge in [0.1, 0.15) is 5.75 Å². The molecule has 2 rings (SSSR count). The lowest BCUT2D eigenvalue weighted by atomic mass is 10.3. The minimum atomic E-state index is 0.688. The van der Waals surface area contributed by atoms with Gasteiger partial charge in [-0.3, -0.25) is 9.67 Å². The third-order valence-electron chi connectivity index (χ3n) is 3.26. The highest BCUT2D eigenvalue weighted by molar-refractivity contribution is 5.79. The average Bonchev–Trinajstić information content (AvgIpc) is 3.11. The zero-order valence-electron chi connectivity index (χ0n) is 13.6. The van der Waals surface area contributed by atoms with Gasteiger partial charge < -0.3 is 15.4 Å². The molecule has 0 aliphatic heterocycles. The molecule has 124 valence electrons. The third-order valence-corrected chi connectivity index (χ3v) is 3.26. The van der Waals surface area contributed by atoms with Crippen molar-refractivity contribution in [3.8, 4) is 5.75 Å². The van der Waals surface area contributed by atoms with E-state index in [1.165, 1.54) is 0 Å². The number of nitrogens with one attached hydrogen (secondary N) is 2. The summed E-state index contributed by atoms with van der Waals surface area (Å²) >= 11 is 0. The molecule has 6 nitrogen and oxygen atoms in total. The maximum Gasteiger partial charge on any atom is 0.190 e. The topological polar surface area (TPSA) is 63.5 Å². The van der Waals surface area contributed by atoms with Gasteiger partial charge in [-0.25, -0.2) is 0 Å². The van der Waals surface area contributed by atoms with Gasteiger partial charge >= 0.3 is 0 Å². The van der Waals surface area contributed by atoms with Gasteiger partial charge in [0.15, 0.2) is 5.96 Å². The molecule has 0 fully saturated rings.